The van der Waals surface area contributed by atoms with E-state index in [0.717, 1.165) is 22.8 Å². The molecule has 0 aromatic carbocycles. The van der Waals surface area contributed by atoms with Gasteiger partial charge in [0.1, 0.15) is 0 Å². The Labute approximate surface area is 116 Å². The van der Waals surface area contributed by atoms with Crippen LogP contribution in [0.1, 0.15) is 34.0 Å². The molecule has 2 N–H and O–H groups in total. The fraction of sp³-hybridized carbons (Fsp3) is 0.615. The van der Waals surface area contributed by atoms with Crippen LogP contribution in [0, 0.1) is 5.92 Å². The summed E-state index contributed by atoms with van der Waals surface area (Å²) in [6, 6.07) is 2.00. The van der Waals surface area contributed by atoms with Crippen LogP contribution in [0.4, 0.5) is 0 Å². The molecule has 0 aliphatic carbocycles. The smallest absolute Gasteiger partial charge is 0.261 e. The molecule has 0 bridgehead atoms. The van der Waals surface area contributed by atoms with Crippen molar-refractivity contribution >= 4 is 29.0 Å². The fourth-order valence-corrected chi connectivity index (χ4v) is 4.07. The van der Waals surface area contributed by atoms with Gasteiger partial charge in [-0.1, -0.05) is 13.8 Å². The zero-order valence-electron chi connectivity index (χ0n) is 10.7. The number of carbonyl (C=O) groups is 1. The van der Waals surface area contributed by atoms with Gasteiger partial charge in [0.2, 0.25) is 0 Å². The summed E-state index contributed by atoms with van der Waals surface area (Å²) in [5.74, 6) is 2.28. The van der Waals surface area contributed by atoms with E-state index in [1.807, 2.05) is 31.7 Å². The van der Waals surface area contributed by atoms with E-state index in [1.165, 1.54) is 10.4 Å². The van der Waals surface area contributed by atoms with Crippen LogP contribution in [-0.4, -0.2) is 29.4 Å². The maximum absolute atomic E-state index is 12.0. The third-order valence-electron chi connectivity index (χ3n) is 3.09. The molecule has 0 radical (unpaired) electrons. The van der Waals surface area contributed by atoms with Crippen LogP contribution in [0.2, 0.25) is 0 Å². The van der Waals surface area contributed by atoms with E-state index in [4.69, 9.17) is 0 Å². The standard InChI is InChI=1S/C13H19NO2S2/c1-8(2)10(15)6-14-13(16)12-5-9-7-17-4-3-11(9)18-12/h5,8,10,15H,3-4,6-7H2,1-2H3,(H,14,16). The van der Waals surface area contributed by atoms with Crippen LogP contribution in [0.5, 0.6) is 0 Å². The van der Waals surface area contributed by atoms with Gasteiger partial charge in [-0.2, -0.15) is 11.8 Å². The van der Waals surface area contributed by atoms with Crippen LogP contribution >= 0.6 is 23.1 Å². The van der Waals surface area contributed by atoms with E-state index in [2.05, 4.69) is 5.32 Å². The number of aliphatic hydroxyl groups excluding tert-OH is 1. The molecule has 0 spiro atoms. The molecule has 1 amide bonds. The maximum Gasteiger partial charge on any atom is 0.261 e. The van der Waals surface area contributed by atoms with Gasteiger partial charge in [0.25, 0.3) is 5.91 Å². The monoisotopic (exact) mass is 285 g/mol. The third-order valence-corrected chi connectivity index (χ3v) is 5.34. The minimum absolute atomic E-state index is 0.0564. The number of carbonyl (C=O) groups excluding carboxylic acids is 1. The van der Waals surface area contributed by atoms with E-state index >= 15 is 0 Å². The number of fused-ring (bicyclic) bond motifs is 1. The number of hydrogen-bond acceptors (Lipinski definition) is 4. The highest BCUT2D eigenvalue weighted by Gasteiger charge is 2.18. The Kier molecular flexibility index (Phi) is 4.70. The van der Waals surface area contributed by atoms with Crippen LogP contribution in [-0.2, 0) is 12.2 Å². The summed E-state index contributed by atoms with van der Waals surface area (Å²) in [5, 5.41) is 12.5. The molecule has 18 heavy (non-hydrogen) atoms. The molecule has 0 saturated carbocycles. The molecule has 1 atom stereocenters. The number of hydrogen-bond donors (Lipinski definition) is 2. The molecule has 100 valence electrons. The number of aliphatic hydroxyl groups is 1. The molecule has 1 aliphatic heterocycles. The van der Waals surface area contributed by atoms with Gasteiger partial charge in [0, 0.05) is 17.2 Å². The van der Waals surface area contributed by atoms with E-state index in [0.29, 0.717) is 6.54 Å². The molecule has 2 heterocycles. The molecule has 3 nitrogen and oxygen atoms in total. The Morgan fingerprint density at radius 2 is 2.33 bits per heavy atom. The van der Waals surface area contributed by atoms with Crippen LogP contribution in [0.15, 0.2) is 6.07 Å². The first-order valence-electron chi connectivity index (χ1n) is 6.23. The van der Waals surface area contributed by atoms with Gasteiger partial charge >= 0.3 is 0 Å². The average Bonchev–Trinajstić information content (AvgIpc) is 2.79. The second-order valence-corrected chi connectivity index (χ2v) is 7.12. The summed E-state index contributed by atoms with van der Waals surface area (Å²) in [7, 11) is 0. The van der Waals surface area contributed by atoms with Gasteiger partial charge in [0.15, 0.2) is 0 Å². The predicted molar refractivity (Wildman–Crippen MR) is 77.4 cm³/mol. The van der Waals surface area contributed by atoms with Crippen molar-refractivity contribution in [3.05, 3.63) is 21.4 Å². The Balaban J connectivity index is 1.95. The lowest BCUT2D eigenvalue weighted by Gasteiger charge is -2.14. The van der Waals surface area contributed by atoms with Gasteiger partial charge in [-0.3, -0.25) is 4.79 Å². The zero-order chi connectivity index (χ0) is 13.1. The van der Waals surface area contributed by atoms with Gasteiger partial charge in [-0.15, -0.1) is 11.3 Å². The summed E-state index contributed by atoms with van der Waals surface area (Å²) < 4.78 is 0. The maximum atomic E-state index is 12.0. The largest absolute Gasteiger partial charge is 0.391 e. The first-order chi connectivity index (χ1) is 8.58. The number of thiophene rings is 1. The summed E-state index contributed by atoms with van der Waals surface area (Å²) in [5.41, 5.74) is 1.31. The lowest BCUT2D eigenvalue weighted by atomic mass is 10.1. The molecule has 1 aromatic rings. The minimum Gasteiger partial charge on any atom is -0.391 e. The number of amides is 1. The van der Waals surface area contributed by atoms with Crippen molar-refractivity contribution in [1.29, 1.82) is 0 Å². The SMILES string of the molecule is CC(C)C(O)CNC(=O)c1cc2c(s1)CCSC2. The Hall–Kier alpha value is -0.520. The number of nitrogens with one attached hydrogen (secondary N) is 1. The Morgan fingerprint density at radius 3 is 3.00 bits per heavy atom. The highest BCUT2D eigenvalue weighted by molar-refractivity contribution is 7.98. The van der Waals surface area contributed by atoms with E-state index in [9.17, 15) is 9.90 Å². The summed E-state index contributed by atoms with van der Waals surface area (Å²) in [6.07, 6.45) is 0.603. The number of rotatable bonds is 4. The Bertz CT molecular complexity index is 405. The topological polar surface area (TPSA) is 49.3 Å². The second-order valence-electron chi connectivity index (χ2n) is 4.88. The lowest BCUT2D eigenvalue weighted by Crippen LogP contribution is -2.34. The third kappa shape index (κ3) is 3.28. The van der Waals surface area contributed by atoms with E-state index < -0.39 is 6.10 Å². The van der Waals surface area contributed by atoms with E-state index in [1.54, 1.807) is 11.3 Å². The van der Waals surface area contributed by atoms with Gasteiger partial charge < -0.3 is 10.4 Å². The van der Waals surface area contributed by atoms with Crippen molar-refractivity contribution in [2.24, 2.45) is 5.92 Å². The summed E-state index contributed by atoms with van der Waals surface area (Å²) >= 11 is 3.52. The molecular weight excluding hydrogens is 266 g/mol. The van der Waals surface area contributed by atoms with Crippen molar-refractivity contribution in [3.63, 3.8) is 0 Å². The lowest BCUT2D eigenvalue weighted by molar-refractivity contribution is 0.0875. The highest BCUT2D eigenvalue weighted by atomic mass is 32.2. The van der Waals surface area contributed by atoms with Crippen LogP contribution < -0.4 is 5.32 Å². The number of aryl methyl sites for hydroxylation is 1. The van der Waals surface area contributed by atoms with Crippen molar-refractivity contribution in [2.75, 3.05) is 12.3 Å². The molecule has 5 heteroatoms. The molecule has 0 fully saturated rings. The molecule has 1 aliphatic rings. The molecular formula is C13H19NO2S2. The van der Waals surface area contributed by atoms with Crippen molar-refractivity contribution in [3.8, 4) is 0 Å². The second kappa shape index (κ2) is 6.08. The number of thioether (sulfide) groups is 1. The molecule has 1 unspecified atom stereocenters. The average molecular weight is 285 g/mol. The molecule has 0 saturated heterocycles. The summed E-state index contributed by atoms with van der Waals surface area (Å²) in [4.78, 5) is 14.1. The zero-order valence-corrected chi connectivity index (χ0v) is 12.4. The van der Waals surface area contributed by atoms with Crippen molar-refractivity contribution in [1.82, 2.24) is 5.32 Å². The summed E-state index contributed by atoms with van der Waals surface area (Å²) in [6.45, 7) is 4.21. The molecule has 1 aromatic heterocycles. The van der Waals surface area contributed by atoms with Crippen molar-refractivity contribution < 1.29 is 9.90 Å². The normalized spacial score (nSPS) is 16.4. The highest BCUT2D eigenvalue weighted by Crippen LogP contribution is 2.31. The Morgan fingerprint density at radius 1 is 1.56 bits per heavy atom. The predicted octanol–water partition coefficient (Wildman–Crippen LogP) is 2.28. The van der Waals surface area contributed by atoms with Crippen molar-refractivity contribution in [2.45, 2.75) is 32.1 Å². The minimum atomic E-state index is -0.473. The van der Waals surface area contributed by atoms with E-state index in [-0.39, 0.29) is 11.8 Å². The van der Waals surface area contributed by atoms with Gasteiger partial charge in [-0.25, -0.2) is 0 Å². The first kappa shape index (κ1) is 13.9. The van der Waals surface area contributed by atoms with Crippen LogP contribution in [0.25, 0.3) is 0 Å². The van der Waals surface area contributed by atoms with Crippen LogP contribution in [0.3, 0.4) is 0 Å². The fourth-order valence-electron chi connectivity index (χ4n) is 1.78. The quantitative estimate of drug-likeness (QED) is 0.892. The first-order valence-corrected chi connectivity index (χ1v) is 8.20. The molecule has 2 rings (SSSR count). The van der Waals surface area contributed by atoms with Gasteiger partial charge in [0.05, 0.1) is 11.0 Å². The van der Waals surface area contributed by atoms with Gasteiger partial charge in [-0.05, 0) is 29.7 Å².